The van der Waals surface area contributed by atoms with E-state index in [2.05, 4.69) is 173 Å². The van der Waals surface area contributed by atoms with Gasteiger partial charge in [-0.25, -0.2) is 25.4 Å². The topological polar surface area (TPSA) is 222 Å². The third kappa shape index (κ3) is 41.9. The van der Waals surface area contributed by atoms with Gasteiger partial charge in [0.2, 0.25) is 20.0 Å². The lowest BCUT2D eigenvalue weighted by Crippen LogP contribution is -2.43. The Morgan fingerprint density at radius 1 is 0.455 bits per heavy atom. The summed E-state index contributed by atoms with van der Waals surface area (Å²) < 4.78 is 174. The van der Waals surface area contributed by atoms with Gasteiger partial charge in [0.15, 0.2) is 0 Å². The van der Waals surface area contributed by atoms with Crippen molar-refractivity contribution in [2.45, 2.75) is 248 Å². The highest BCUT2D eigenvalue weighted by Gasteiger charge is 2.54. The summed E-state index contributed by atoms with van der Waals surface area (Å²) in [6, 6.07) is 34.8. The monoisotopic (exact) mass is 1670 g/mol. The van der Waals surface area contributed by atoms with Gasteiger partial charge in [0, 0.05) is 101 Å². The molecule has 1 atom stereocenters. The van der Waals surface area contributed by atoms with E-state index in [1.807, 2.05) is 101 Å². The molecule has 110 heavy (non-hydrogen) atoms. The Labute approximate surface area is 673 Å². The van der Waals surface area contributed by atoms with Gasteiger partial charge >= 0.3 is 16.4 Å². The van der Waals surface area contributed by atoms with E-state index < -0.39 is 77.2 Å². The first-order valence-electron chi connectivity index (χ1n) is 37.9. The molecule has 1 N–H and O–H groups in total. The van der Waals surface area contributed by atoms with Crippen LogP contribution in [0.2, 0.25) is 0 Å². The van der Waals surface area contributed by atoms with Crippen LogP contribution in [0.1, 0.15) is 241 Å². The van der Waals surface area contributed by atoms with Crippen LogP contribution in [0.5, 0.6) is 0 Å². The molecule has 0 radical (unpaired) electrons. The highest BCUT2D eigenvalue weighted by atomic mass is 32.2. The minimum Gasteiger partial charge on any atom is -0.267 e. The molecule has 28 heteroatoms. The second-order valence-electron chi connectivity index (χ2n) is 35.5. The number of rotatable bonds is 7. The number of anilines is 2. The third-order valence-electron chi connectivity index (χ3n) is 16.8. The molecular formula is C82H153F3N8O11S6. The predicted molar refractivity (Wildman–Crippen MR) is 469 cm³/mol. The lowest BCUT2D eigenvalue weighted by Gasteiger charge is -2.40. The normalized spacial score (nSPS) is 17.4. The van der Waals surface area contributed by atoms with E-state index in [1.54, 1.807) is 45.2 Å². The quantitative estimate of drug-likeness (QED) is 0.171. The van der Waals surface area contributed by atoms with Crippen LogP contribution in [0, 0.1) is 27.1 Å². The number of para-hydroxylation sites is 2. The smallest absolute Gasteiger partial charge is 0.267 e. The highest BCUT2D eigenvalue weighted by molar-refractivity contribution is 7.99. The molecule has 4 aromatic rings. The van der Waals surface area contributed by atoms with Crippen LogP contribution >= 0.6 is 0 Å². The maximum absolute atomic E-state index is 12.3. The summed E-state index contributed by atoms with van der Waals surface area (Å²) in [5.41, 5.74) is 6.33. The van der Waals surface area contributed by atoms with Crippen molar-refractivity contribution < 1.29 is 59.5 Å². The molecule has 8 rings (SSSR count). The molecule has 0 saturated carbocycles. The first kappa shape index (κ1) is 112. The Balaban J connectivity index is -0.000000573. The summed E-state index contributed by atoms with van der Waals surface area (Å²) in [4.78, 5) is 0. The second-order valence-corrected chi connectivity index (χ2v) is 48.5. The number of nitrogens with one attached hydrogen (secondary N) is 1. The van der Waals surface area contributed by atoms with Crippen LogP contribution in [0.25, 0.3) is 0 Å². The average molecular weight is 1680 g/mol. The van der Waals surface area contributed by atoms with Gasteiger partial charge in [0.25, 0.3) is 20.4 Å². The summed E-state index contributed by atoms with van der Waals surface area (Å²) >= 11 is 0. The molecule has 4 aliphatic rings. The molecule has 4 aromatic carbocycles. The summed E-state index contributed by atoms with van der Waals surface area (Å²) in [7, 11) is -5.07. The van der Waals surface area contributed by atoms with Gasteiger partial charge < -0.3 is 0 Å². The molecule has 2 saturated heterocycles. The van der Waals surface area contributed by atoms with Crippen molar-refractivity contribution in [2.75, 3.05) is 110 Å². The summed E-state index contributed by atoms with van der Waals surface area (Å²) in [5, 5.41) is 0. The number of hydrogen-bond donors (Lipinski definition) is 1. The molecule has 0 aromatic heterocycles. The predicted octanol–water partition coefficient (Wildman–Crippen LogP) is 18.4. The fourth-order valence-electron chi connectivity index (χ4n) is 9.51. The Bertz CT molecular complexity index is 3920. The first-order chi connectivity index (χ1) is 49.2. The van der Waals surface area contributed by atoms with Gasteiger partial charge in [0.05, 0.1) is 28.3 Å². The molecule has 1 unspecified atom stereocenters. The number of fused-ring (bicyclic) bond motifs is 2. The molecule has 2 fully saturated rings. The summed E-state index contributed by atoms with van der Waals surface area (Å²) in [5.74, 6) is 5.80. The van der Waals surface area contributed by atoms with Gasteiger partial charge in [-0.15, -0.1) is 0 Å². The van der Waals surface area contributed by atoms with E-state index in [9.17, 15) is 59.5 Å². The average Bonchev–Trinajstić information content (AvgIpc) is 1.59. The highest BCUT2D eigenvalue weighted by Crippen LogP contribution is 2.50. The Hall–Kier alpha value is -4.20. The Morgan fingerprint density at radius 2 is 0.818 bits per heavy atom. The number of halogens is 3. The lowest BCUT2D eigenvalue weighted by atomic mass is 9.69. The molecule has 644 valence electrons. The largest absolute Gasteiger partial charge is 0.394 e. The standard InChI is InChI=1S/C13H18OS.C11H16N2O2S.2C10H14.C8H15F3.C8H20N2O2S.C8H17NO2S.C4H12N2O2S.C4H9NO2S.3C2H6/c1-13(2,3)12-6-5-10-8-15(4,14)9-11(10)7-12;1-11(2,3)8-13-10-7-5-4-6-9(10)12-16(13,14)15;2*1-10(2,3)9-7-5-4-6-8-9;1-6(2,3)7(4,5)8(9,10)11;1-8(2,3)7-10(6)13(11,12)9(4)5;1-8(2,3)7-9-5-4-6-12(9,10)11;1-5(2)9(7,8)6(3)4;1-5-3-2-4-8(5,6)7;3*1-2/h5-7H,4,8-9H2,1-3H3;4-7,12H,8H2,1-3H3;2*4-8H,1-3H3;1-5H3;7H2,1-6H3;4-7H2,1-3H3;1-4H3;2-4H2,1H3;3*1-2H3. The lowest BCUT2D eigenvalue weighted by molar-refractivity contribution is -0.243. The van der Waals surface area contributed by atoms with Crippen LogP contribution in [-0.2, 0) is 87.9 Å². The molecule has 0 spiro atoms. The summed E-state index contributed by atoms with van der Waals surface area (Å²) in [6.45, 7) is 60.5. The van der Waals surface area contributed by atoms with E-state index in [-0.39, 0.29) is 21.7 Å². The molecule has 0 aliphatic carbocycles. The van der Waals surface area contributed by atoms with E-state index in [0.717, 1.165) is 27.1 Å². The van der Waals surface area contributed by atoms with Gasteiger partial charge in [-0.05, 0) is 106 Å². The molecule has 4 heterocycles. The van der Waals surface area contributed by atoms with Crippen molar-refractivity contribution >= 4 is 77.4 Å². The summed E-state index contributed by atoms with van der Waals surface area (Å²) in [6.07, 6.45) is -2.54. The van der Waals surface area contributed by atoms with Gasteiger partial charge in [-0.1, -0.05) is 292 Å². The van der Waals surface area contributed by atoms with Crippen LogP contribution in [0.3, 0.4) is 0 Å². The zero-order chi connectivity index (χ0) is 88.1. The molecule has 4 aliphatic heterocycles. The van der Waals surface area contributed by atoms with E-state index in [4.69, 9.17) is 0 Å². The maximum atomic E-state index is 12.3. The van der Waals surface area contributed by atoms with Gasteiger partial charge in [-0.3, -0.25) is 13.2 Å². The number of benzene rings is 4. The van der Waals surface area contributed by atoms with Crippen molar-refractivity contribution in [3.8, 4) is 0 Å². The first-order valence-corrected chi connectivity index (χ1v) is 47.4. The van der Waals surface area contributed by atoms with Crippen molar-refractivity contribution in [3.05, 3.63) is 131 Å². The fourth-order valence-corrected chi connectivity index (χ4v) is 17.5. The van der Waals surface area contributed by atoms with Gasteiger partial charge in [-0.2, -0.15) is 55.6 Å². The van der Waals surface area contributed by atoms with Crippen molar-refractivity contribution in [2.24, 2.45) is 27.1 Å². The van der Waals surface area contributed by atoms with Gasteiger partial charge in [0.1, 0.15) is 0 Å². The number of sulfonamides is 2. The van der Waals surface area contributed by atoms with Crippen molar-refractivity contribution in [1.29, 1.82) is 0 Å². The second kappa shape index (κ2) is 45.9. The molecule has 19 nitrogen and oxygen atoms in total. The number of nitrogens with zero attached hydrogens (tertiary/aromatic N) is 7. The SMILES string of the molecule is C=S1(=O)Cc2ccc(C(C)(C)C)cc2C1.CC.CC.CC.CC(C)(C)C(C)(C)C(F)(F)F.CC(C)(C)CN1CCCS1(=O)=O.CC(C)(C)CN1c2ccccc2NS1(=O)=O.CC(C)(C)c1ccccc1.CC(C)(C)c1ccccc1.CN(C)S(=O)(=O)N(C)C.CN(C)S(=O)(=O)N(C)CC(C)(C)C.CN1CCCS1(=O)=O. The van der Waals surface area contributed by atoms with Crippen LogP contribution in [0.4, 0.5) is 24.5 Å². The Kier molecular flexibility index (Phi) is 46.8. The van der Waals surface area contributed by atoms with Crippen molar-refractivity contribution in [3.63, 3.8) is 0 Å². The molecule has 0 bridgehead atoms. The third-order valence-corrected chi connectivity index (χ3v) is 27.4. The molecular weight excluding hydrogens is 1520 g/mol. The zero-order valence-corrected chi connectivity index (χ0v) is 79.9. The van der Waals surface area contributed by atoms with E-state index in [1.165, 1.54) is 101 Å². The number of hydrogen-bond acceptors (Lipinski definition) is 11. The van der Waals surface area contributed by atoms with Crippen LogP contribution in [0.15, 0.2) is 103 Å². The van der Waals surface area contributed by atoms with Crippen molar-refractivity contribution in [1.82, 2.24) is 25.8 Å². The Morgan fingerprint density at radius 3 is 1.09 bits per heavy atom. The fraction of sp³-hybridized carbons (Fsp3) is 0.695. The maximum Gasteiger partial charge on any atom is 0.394 e. The minimum atomic E-state index is -4.12. The zero-order valence-electron chi connectivity index (χ0n) is 75.0. The van der Waals surface area contributed by atoms with E-state index >= 15 is 0 Å². The van der Waals surface area contributed by atoms with Crippen LogP contribution < -0.4 is 9.03 Å². The van der Waals surface area contributed by atoms with E-state index in [0.29, 0.717) is 72.3 Å². The van der Waals surface area contributed by atoms with Crippen LogP contribution in [-0.4, -0.2) is 185 Å². The molecule has 0 amide bonds. The minimum absolute atomic E-state index is 0.0160. The number of alkyl halides is 3.